The summed E-state index contributed by atoms with van der Waals surface area (Å²) in [5, 5.41) is 5.00. The minimum Gasteiger partial charge on any atom is -0.310 e. The second-order valence-electron chi connectivity index (χ2n) is 18.9. The van der Waals surface area contributed by atoms with Gasteiger partial charge in [-0.2, -0.15) is 0 Å². The van der Waals surface area contributed by atoms with Crippen molar-refractivity contribution in [3.05, 3.63) is 296 Å². The summed E-state index contributed by atoms with van der Waals surface area (Å²) < 4.78 is 0. The maximum absolute atomic E-state index is 2.47. The number of rotatable bonds is 9. The van der Waals surface area contributed by atoms with Crippen LogP contribution in [0.25, 0.3) is 88.3 Å². The molecular weight excluding hydrogens is 855 g/mol. The Morgan fingerprint density at radius 3 is 1.41 bits per heavy atom. The fourth-order valence-corrected chi connectivity index (χ4v) is 11.5. The van der Waals surface area contributed by atoms with Crippen molar-refractivity contribution in [2.45, 2.75) is 12.3 Å². The molecule has 334 valence electrons. The van der Waals surface area contributed by atoms with Gasteiger partial charge in [0.25, 0.3) is 0 Å². The van der Waals surface area contributed by atoms with Gasteiger partial charge in [0.15, 0.2) is 0 Å². The fourth-order valence-electron chi connectivity index (χ4n) is 11.5. The largest absolute Gasteiger partial charge is 0.310 e. The van der Waals surface area contributed by atoms with E-state index in [-0.39, 0.29) is 5.41 Å². The van der Waals surface area contributed by atoms with Crippen LogP contribution < -0.4 is 4.90 Å². The van der Waals surface area contributed by atoms with Gasteiger partial charge in [-0.15, -0.1) is 0 Å². The van der Waals surface area contributed by atoms with E-state index in [2.05, 4.69) is 291 Å². The van der Waals surface area contributed by atoms with Gasteiger partial charge in [0.1, 0.15) is 0 Å². The van der Waals surface area contributed by atoms with Crippen LogP contribution in [-0.4, -0.2) is 0 Å². The lowest BCUT2D eigenvalue weighted by atomic mass is 9.74. The van der Waals surface area contributed by atoms with Crippen LogP contribution >= 0.6 is 0 Å². The van der Waals surface area contributed by atoms with Crippen LogP contribution in [0, 0.1) is 0 Å². The van der Waals surface area contributed by atoms with Gasteiger partial charge in [-0.05, 0) is 149 Å². The van der Waals surface area contributed by atoms with Gasteiger partial charge < -0.3 is 4.90 Å². The normalized spacial score (nSPS) is 13.8. The summed E-state index contributed by atoms with van der Waals surface area (Å²) >= 11 is 0. The summed E-state index contributed by atoms with van der Waals surface area (Å²) in [7, 11) is 0. The highest BCUT2D eigenvalue weighted by Crippen LogP contribution is 2.54. The predicted octanol–water partition coefficient (Wildman–Crippen LogP) is 19.1. The van der Waals surface area contributed by atoms with Crippen LogP contribution in [0.1, 0.15) is 23.6 Å². The average Bonchev–Trinajstić information content (AvgIpc) is 3.71. The van der Waals surface area contributed by atoms with Gasteiger partial charge in [-0.1, -0.05) is 237 Å². The van der Waals surface area contributed by atoms with E-state index in [0.29, 0.717) is 0 Å². The molecule has 0 fully saturated rings. The third-order valence-electron chi connectivity index (χ3n) is 14.9. The lowest BCUT2D eigenvalue weighted by molar-refractivity contribution is 0.714. The van der Waals surface area contributed by atoms with Crippen molar-refractivity contribution in [2.75, 3.05) is 4.90 Å². The molecule has 0 N–H and O–H groups in total. The van der Waals surface area contributed by atoms with E-state index in [1.165, 1.54) is 88.3 Å². The van der Waals surface area contributed by atoms with Crippen LogP contribution in [0.5, 0.6) is 0 Å². The standard InChI is InChI=1S/C70H49N/c1-70(55-29-15-6-16-30-55)65-34-20-19-32-60(65)63-47-57(41-43-66(63)70)71(67-44-38-54(48-21-7-2-8-22-48)45-62(67)50-23-9-3-10-24-50)56-39-35-49(36-40-56)53-37-42-59-58-31-17-18-33-61(58)68(51-25-11-4-12-26-51)69(64(59)46-53)52-27-13-5-14-28-52/h2-47H,1H3. The molecule has 0 radical (unpaired) electrons. The molecule has 1 unspecified atom stereocenters. The Labute approximate surface area is 416 Å². The van der Waals surface area contributed by atoms with E-state index >= 15 is 0 Å². The maximum Gasteiger partial charge on any atom is 0.0540 e. The Balaban J connectivity index is 1.00. The van der Waals surface area contributed by atoms with Crippen LogP contribution in [0.2, 0.25) is 0 Å². The van der Waals surface area contributed by atoms with Crippen molar-refractivity contribution in [1.82, 2.24) is 0 Å². The van der Waals surface area contributed by atoms with E-state index < -0.39 is 0 Å². The number of nitrogens with zero attached hydrogens (tertiary/aromatic N) is 1. The first-order valence-corrected chi connectivity index (χ1v) is 24.7. The number of hydrogen-bond acceptors (Lipinski definition) is 1. The van der Waals surface area contributed by atoms with E-state index in [1.54, 1.807) is 0 Å². The quantitative estimate of drug-likeness (QED) is 0.130. The van der Waals surface area contributed by atoms with E-state index in [1.807, 2.05) is 0 Å². The maximum atomic E-state index is 2.47. The van der Waals surface area contributed by atoms with Gasteiger partial charge in [0, 0.05) is 22.4 Å². The molecule has 0 heterocycles. The van der Waals surface area contributed by atoms with Crippen molar-refractivity contribution < 1.29 is 0 Å². The highest BCUT2D eigenvalue weighted by atomic mass is 15.1. The van der Waals surface area contributed by atoms with Gasteiger partial charge in [-0.25, -0.2) is 0 Å². The molecule has 1 aliphatic carbocycles. The summed E-state index contributed by atoms with van der Waals surface area (Å²) in [4.78, 5) is 2.47. The lowest BCUT2D eigenvalue weighted by Gasteiger charge is -2.31. The predicted molar refractivity (Wildman–Crippen MR) is 301 cm³/mol. The third-order valence-corrected chi connectivity index (χ3v) is 14.9. The minimum absolute atomic E-state index is 0.293. The Bertz CT molecular complexity index is 3900. The molecule has 0 saturated heterocycles. The summed E-state index contributed by atoms with van der Waals surface area (Å²) in [6.45, 7) is 2.39. The van der Waals surface area contributed by atoms with Crippen LogP contribution in [-0.2, 0) is 5.41 Å². The summed E-state index contributed by atoms with van der Waals surface area (Å²) in [5.41, 5.74) is 21.5. The van der Waals surface area contributed by atoms with E-state index in [4.69, 9.17) is 0 Å². The zero-order valence-electron chi connectivity index (χ0n) is 39.5. The molecule has 0 saturated carbocycles. The Morgan fingerprint density at radius 2 is 0.732 bits per heavy atom. The monoisotopic (exact) mass is 903 g/mol. The Hall–Kier alpha value is -9.04. The van der Waals surface area contributed by atoms with Gasteiger partial charge >= 0.3 is 0 Å². The molecule has 0 amide bonds. The average molecular weight is 904 g/mol. The first-order chi connectivity index (χ1) is 35.1. The Morgan fingerprint density at radius 1 is 0.268 bits per heavy atom. The topological polar surface area (TPSA) is 3.24 Å². The molecule has 1 atom stereocenters. The second-order valence-corrected chi connectivity index (χ2v) is 18.9. The van der Waals surface area contributed by atoms with E-state index in [0.717, 1.165) is 33.8 Å². The molecule has 1 aliphatic rings. The first kappa shape index (κ1) is 42.1. The molecule has 1 nitrogen and oxygen atoms in total. The molecule has 0 bridgehead atoms. The van der Waals surface area contributed by atoms with Crippen LogP contribution in [0.15, 0.2) is 279 Å². The van der Waals surface area contributed by atoms with Crippen molar-refractivity contribution in [2.24, 2.45) is 0 Å². The zero-order valence-corrected chi connectivity index (χ0v) is 39.5. The molecule has 0 aromatic heterocycles. The minimum atomic E-state index is -0.293. The summed E-state index contributed by atoms with van der Waals surface area (Å²) in [6.07, 6.45) is 0. The summed E-state index contributed by atoms with van der Waals surface area (Å²) in [6, 6.07) is 103. The first-order valence-electron chi connectivity index (χ1n) is 24.7. The number of benzene rings is 12. The molecular formula is C70H49N. The summed E-state index contributed by atoms with van der Waals surface area (Å²) in [5.74, 6) is 0. The molecule has 1 heteroatoms. The highest BCUT2D eigenvalue weighted by molar-refractivity contribution is 6.22. The second kappa shape index (κ2) is 17.5. The van der Waals surface area contributed by atoms with Gasteiger partial charge in [0.2, 0.25) is 0 Å². The number of fused-ring (bicyclic) bond motifs is 6. The highest BCUT2D eigenvalue weighted by Gasteiger charge is 2.41. The molecule has 0 aliphatic heterocycles. The van der Waals surface area contributed by atoms with Gasteiger partial charge in [-0.3, -0.25) is 0 Å². The Kier molecular flexibility index (Phi) is 10.4. The van der Waals surface area contributed by atoms with Crippen molar-refractivity contribution >= 4 is 38.6 Å². The van der Waals surface area contributed by atoms with Crippen LogP contribution in [0.4, 0.5) is 17.1 Å². The van der Waals surface area contributed by atoms with Gasteiger partial charge in [0.05, 0.1) is 5.69 Å². The third kappa shape index (κ3) is 7.17. The molecule has 12 aromatic carbocycles. The molecule has 71 heavy (non-hydrogen) atoms. The zero-order chi connectivity index (χ0) is 47.3. The lowest BCUT2D eigenvalue weighted by Crippen LogP contribution is -2.22. The number of hydrogen-bond donors (Lipinski definition) is 0. The van der Waals surface area contributed by atoms with Crippen LogP contribution in [0.3, 0.4) is 0 Å². The van der Waals surface area contributed by atoms with Crippen molar-refractivity contribution in [1.29, 1.82) is 0 Å². The smallest absolute Gasteiger partial charge is 0.0540 e. The molecule has 12 aromatic rings. The number of anilines is 3. The SMILES string of the molecule is CC1(c2ccccc2)c2ccccc2-c2cc(N(c3ccc(-c4ccc5c(c4)c(-c4ccccc4)c(-c4ccccc4)c4ccccc45)cc3)c3ccc(-c4ccccc4)cc3-c3ccccc3)ccc21. The van der Waals surface area contributed by atoms with Crippen molar-refractivity contribution in [3.63, 3.8) is 0 Å². The fraction of sp³-hybridized carbons (Fsp3) is 0.0286. The van der Waals surface area contributed by atoms with Crippen molar-refractivity contribution in [3.8, 4) is 66.8 Å². The van der Waals surface area contributed by atoms with E-state index in [9.17, 15) is 0 Å². The molecule has 0 spiro atoms. The molecule has 13 rings (SSSR count).